The molecule has 0 amide bonds. The highest BCUT2D eigenvalue weighted by Gasteiger charge is 2.18. The van der Waals surface area contributed by atoms with Crippen molar-refractivity contribution in [1.82, 2.24) is 10.1 Å². The van der Waals surface area contributed by atoms with Crippen LogP contribution in [0.1, 0.15) is 11.5 Å². The van der Waals surface area contributed by atoms with Gasteiger partial charge in [-0.25, -0.2) is 13.4 Å². The Hall–Kier alpha value is -1.69. The van der Waals surface area contributed by atoms with Crippen molar-refractivity contribution in [3.8, 4) is 0 Å². The Morgan fingerprint density at radius 1 is 1.38 bits per heavy atom. The maximum atomic E-state index is 11.9. The number of pyridine rings is 1. The summed E-state index contributed by atoms with van der Waals surface area (Å²) in [6.07, 6.45) is 1.45. The van der Waals surface area contributed by atoms with E-state index in [1.807, 2.05) is 0 Å². The number of aryl methyl sites for hydroxylation is 1. The van der Waals surface area contributed by atoms with E-state index in [-0.39, 0.29) is 10.8 Å². The molecular formula is C10H10N2O3S. The SMILES string of the molecule is Cc1cc(CS(=O)(=O)c2ccccn2)no1. The van der Waals surface area contributed by atoms with Gasteiger partial charge in [0.25, 0.3) is 0 Å². The Labute approximate surface area is 93.0 Å². The molecule has 0 fully saturated rings. The smallest absolute Gasteiger partial charge is 0.201 e. The summed E-state index contributed by atoms with van der Waals surface area (Å²) < 4.78 is 28.5. The second-order valence-corrected chi connectivity index (χ2v) is 5.29. The lowest BCUT2D eigenvalue weighted by atomic mass is 10.4. The average Bonchev–Trinajstić information content (AvgIpc) is 2.64. The zero-order valence-electron chi connectivity index (χ0n) is 8.62. The molecule has 0 bridgehead atoms. The van der Waals surface area contributed by atoms with Crippen molar-refractivity contribution in [2.75, 3.05) is 0 Å². The van der Waals surface area contributed by atoms with E-state index in [0.717, 1.165) is 0 Å². The van der Waals surface area contributed by atoms with E-state index in [2.05, 4.69) is 10.1 Å². The van der Waals surface area contributed by atoms with Crippen LogP contribution in [0.25, 0.3) is 0 Å². The molecule has 0 aliphatic rings. The molecule has 84 valence electrons. The summed E-state index contributed by atoms with van der Waals surface area (Å²) in [7, 11) is -3.43. The van der Waals surface area contributed by atoms with Gasteiger partial charge in [0, 0.05) is 12.3 Å². The summed E-state index contributed by atoms with van der Waals surface area (Å²) in [6, 6.07) is 6.36. The van der Waals surface area contributed by atoms with Gasteiger partial charge in [-0.15, -0.1) is 0 Å². The molecule has 0 radical (unpaired) electrons. The lowest BCUT2D eigenvalue weighted by Gasteiger charge is -1.99. The van der Waals surface area contributed by atoms with Gasteiger partial charge < -0.3 is 4.52 Å². The molecule has 0 aliphatic heterocycles. The van der Waals surface area contributed by atoms with Gasteiger partial charge in [0.15, 0.2) is 5.03 Å². The molecule has 0 aromatic carbocycles. The lowest BCUT2D eigenvalue weighted by Crippen LogP contribution is -2.06. The maximum Gasteiger partial charge on any atom is 0.201 e. The van der Waals surface area contributed by atoms with E-state index >= 15 is 0 Å². The summed E-state index contributed by atoms with van der Waals surface area (Å²) in [5.74, 6) is 0.396. The van der Waals surface area contributed by atoms with Crippen LogP contribution < -0.4 is 0 Å². The normalized spacial score (nSPS) is 11.6. The Morgan fingerprint density at radius 3 is 2.75 bits per heavy atom. The first kappa shape index (κ1) is 10.8. The van der Waals surface area contributed by atoms with Crippen LogP contribution in [0.3, 0.4) is 0 Å². The zero-order valence-corrected chi connectivity index (χ0v) is 9.44. The first-order valence-corrected chi connectivity index (χ1v) is 6.29. The Bertz CT molecular complexity index is 575. The third kappa shape index (κ3) is 2.27. The lowest BCUT2D eigenvalue weighted by molar-refractivity contribution is 0.392. The van der Waals surface area contributed by atoms with Gasteiger partial charge in [0.2, 0.25) is 9.84 Å². The van der Waals surface area contributed by atoms with E-state index in [9.17, 15) is 8.42 Å². The molecule has 5 nitrogen and oxygen atoms in total. The van der Waals surface area contributed by atoms with Crippen molar-refractivity contribution in [3.63, 3.8) is 0 Å². The minimum absolute atomic E-state index is 0.0515. The molecular weight excluding hydrogens is 228 g/mol. The fourth-order valence-corrected chi connectivity index (χ4v) is 2.47. The molecule has 0 N–H and O–H groups in total. The van der Waals surface area contributed by atoms with Crippen LogP contribution in [-0.4, -0.2) is 18.6 Å². The molecule has 2 rings (SSSR count). The van der Waals surface area contributed by atoms with Gasteiger partial charge in [0.05, 0.1) is 5.69 Å². The van der Waals surface area contributed by atoms with E-state index < -0.39 is 9.84 Å². The Morgan fingerprint density at radius 2 is 2.19 bits per heavy atom. The van der Waals surface area contributed by atoms with E-state index in [0.29, 0.717) is 11.5 Å². The summed E-state index contributed by atoms with van der Waals surface area (Å²) in [4.78, 5) is 3.81. The van der Waals surface area contributed by atoms with E-state index in [1.165, 1.54) is 12.3 Å². The second kappa shape index (κ2) is 4.05. The van der Waals surface area contributed by atoms with Gasteiger partial charge >= 0.3 is 0 Å². The molecule has 0 aliphatic carbocycles. The molecule has 0 unspecified atom stereocenters. The summed E-state index contributed by atoms with van der Waals surface area (Å²) >= 11 is 0. The van der Waals surface area contributed by atoms with Gasteiger partial charge in [-0.05, 0) is 19.1 Å². The topological polar surface area (TPSA) is 73.1 Å². The van der Waals surface area contributed by atoms with Gasteiger partial charge in [-0.2, -0.15) is 0 Å². The van der Waals surface area contributed by atoms with Gasteiger partial charge in [0.1, 0.15) is 11.5 Å². The van der Waals surface area contributed by atoms with Crippen molar-refractivity contribution in [3.05, 3.63) is 41.9 Å². The van der Waals surface area contributed by atoms with Crippen molar-refractivity contribution in [2.45, 2.75) is 17.7 Å². The third-order valence-electron chi connectivity index (χ3n) is 1.97. The largest absolute Gasteiger partial charge is 0.361 e. The van der Waals surface area contributed by atoms with Crippen LogP contribution in [0, 0.1) is 6.92 Å². The predicted octanol–water partition coefficient (Wildman–Crippen LogP) is 1.35. The van der Waals surface area contributed by atoms with Crippen LogP contribution in [-0.2, 0) is 15.6 Å². The third-order valence-corrected chi connectivity index (χ3v) is 3.53. The summed E-state index contributed by atoms with van der Waals surface area (Å²) in [5, 5.41) is 3.70. The quantitative estimate of drug-likeness (QED) is 0.807. The minimum atomic E-state index is -3.43. The van der Waals surface area contributed by atoms with Crippen LogP contribution >= 0.6 is 0 Å². The van der Waals surface area contributed by atoms with Crippen molar-refractivity contribution >= 4 is 9.84 Å². The predicted molar refractivity (Wildman–Crippen MR) is 56.4 cm³/mol. The molecule has 0 saturated carbocycles. The number of nitrogens with zero attached hydrogens (tertiary/aromatic N) is 2. The van der Waals surface area contributed by atoms with Gasteiger partial charge in [-0.1, -0.05) is 11.2 Å². The van der Waals surface area contributed by atoms with Crippen LogP contribution in [0.4, 0.5) is 0 Å². The average molecular weight is 238 g/mol. The molecule has 0 atom stereocenters. The van der Waals surface area contributed by atoms with Crippen molar-refractivity contribution in [1.29, 1.82) is 0 Å². The molecule has 16 heavy (non-hydrogen) atoms. The molecule has 2 aromatic rings. The van der Waals surface area contributed by atoms with E-state index in [1.54, 1.807) is 25.1 Å². The molecule has 0 spiro atoms. The number of hydrogen-bond acceptors (Lipinski definition) is 5. The van der Waals surface area contributed by atoms with Crippen LogP contribution in [0.5, 0.6) is 0 Å². The number of rotatable bonds is 3. The zero-order chi connectivity index (χ0) is 11.6. The second-order valence-electron chi connectivity index (χ2n) is 3.36. The minimum Gasteiger partial charge on any atom is -0.361 e. The van der Waals surface area contributed by atoms with E-state index in [4.69, 9.17) is 4.52 Å². The standard InChI is InChI=1S/C10H10N2O3S/c1-8-6-9(12-15-8)7-16(13,14)10-4-2-3-5-11-10/h2-6H,7H2,1H3. The number of sulfone groups is 1. The highest BCUT2D eigenvalue weighted by molar-refractivity contribution is 7.90. The number of aromatic nitrogens is 2. The maximum absolute atomic E-state index is 11.9. The monoisotopic (exact) mass is 238 g/mol. The Balaban J connectivity index is 2.28. The molecule has 2 aromatic heterocycles. The van der Waals surface area contributed by atoms with Crippen LogP contribution in [0.15, 0.2) is 40.0 Å². The molecule has 2 heterocycles. The first-order valence-electron chi connectivity index (χ1n) is 4.64. The number of hydrogen-bond donors (Lipinski definition) is 0. The van der Waals surface area contributed by atoms with Crippen molar-refractivity contribution in [2.24, 2.45) is 0 Å². The summed E-state index contributed by atoms with van der Waals surface area (Å²) in [5.41, 5.74) is 0.392. The fourth-order valence-electron chi connectivity index (χ4n) is 1.29. The molecule has 6 heteroatoms. The fraction of sp³-hybridized carbons (Fsp3) is 0.200. The highest BCUT2D eigenvalue weighted by atomic mass is 32.2. The molecule has 0 saturated heterocycles. The summed E-state index contributed by atoms with van der Waals surface area (Å²) in [6.45, 7) is 1.71. The van der Waals surface area contributed by atoms with Crippen molar-refractivity contribution < 1.29 is 12.9 Å². The Kier molecular flexibility index (Phi) is 2.74. The first-order chi connectivity index (χ1) is 7.58. The highest BCUT2D eigenvalue weighted by Crippen LogP contribution is 2.13. The van der Waals surface area contributed by atoms with Crippen LogP contribution in [0.2, 0.25) is 0 Å². The van der Waals surface area contributed by atoms with Gasteiger partial charge in [-0.3, -0.25) is 0 Å².